The molecule has 25 atom stereocenters. The molecule has 5 saturated heterocycles. The molecule has 5 aliphatic heterocycles. The van der Waals surface area contributed by atoms with Crippen LogP contribution in [0.4, 0.5) is 0 Å². The van der Waals surface area contributed by atoms with Crippen LogP contribution in [-0.2, 0) is 47.4 Å². The van der Waals surface area contributed by atoms with Gasteiger partial charge in [-0.3, -0.25) is 4.79 Å². The van der Waals surface area contributed by atoms with E-state index in [1.807, 2.05) is 0 Å². The third-order valence-corrected chi connectivity index (χ3v) is 10.7. The van der Waals surface area contributed by atoms with E-state index in [0.29, 0.717) is 0 Å². The van der Waals surface area contributed by atoms with Crippen LogP contribution in [0.25, 0.3) is 0 Å². The third kappa shape index (κ3) is 9.75. The van der Waals surface area contributed by atoms with E-state index in [-0.39, 0.29) is 0 Å². The van der Waals surface area contributed by atoms with E-state index in [0.717, 1.165) is 6.92 Å². The minimum Gasteiger partial charge on any atom is -0.394 e. The van der Waals surface area contributed by atoms with Crippen LogP contribution >= 0.6 is 0 Å². The molecule has 0 aromatic carbocycles. The number of aliphatic hydroxyl groups excluding tert-OH is 15. The SMILES string of the molecule is CC(=O)N[C@H]1[C@H](O[C@H]2[C@@H](O)[C@@H](CO)O[C@@H](O[C@H]3[C@H](O[C@@H]4O[C@@H](C)[C@@H](O)[C@@H](O)[C@@H]4O)[C@@H](O)C(O)O[C@@H]3CO)[C@@H]2O)O[C@H](CO)[C@@H](O[C@@H]2O[C@H](CO)[C@H](O)[C@H](O)[C@H]2O)[C@@H]1O. The largest absolute Gasteiger partial charge is 0.394 e. The zero-order chi connectivity index (χ0) is 42.9. The molecule has 26 heteroatoms. The molecule has 338 valence electrons. The molecule has 5 heterocycles. The lowest BCUT2D eigenvalue weighted by Crippen LogP contribution is -2.70. The first kappa shape index (κ1) is 47.6. The van der Waals surface area contributed by atoms with Crippen molar-refractivity contribution < 1.29 is 124 Å². The quantitative estimate of drug-likeness (QED) is 0.0818. The van der Waals surface area contributed by atoms with Crippen molar-refractivity contribution >= 4 is 5.91 Å². The Bertz CT molecular complexity index is 1310. The van der Waals surface area contributed by atoms with Gasteiger partial charge in [0, 0.05) is 6.92 Å². The Kier molecular flexibility index (Phi) is 16.5. The summed E-state index contributed by atoms with van der Waals surface area (Å²) < 4.78 is 50.6. The number of amides is 1. The molecular formula is C32H55NO25. The fourth-order valence-corrected chi connectivity index (χ4v) is 7.37. The van der Waals surface area contributed by atoms with Gasteiger partial charge in [0.25, 0.3) is 0 Å². The summed E-state index contributed by atoms with van der Waals surface area (Å²) >= 11 is 0. The van der Waals surface area contributed by atoms with Gasteiger partial charge in [-0.15, -0.1) is 0 Å². The molecule has 26 nitrogen and oxygen atoms in total. The van der Waals surface area contributed by atoms with Gasteiger partial charge in [-0.2, -0.15) is 0 Å². The first-order valence-corrected chi connectivity index (χ1v) is 18.5. The topological polar surface area (TPSA) is 416 Å². The van der Waals surface area contributed by atoms with Crippen molar-refractivity contribution in [1.82, 2.24) is 5.32 Å². The van der Waals surface area contributed by atoms with Crippen molar-refractivity contribution in [3.05, 3.63) is 0 Å². The highest BCUT2D eigenvalue weighted by Crippen LogP contribution is 2.36. The molecule has 0 saturated carbocycles. The average Bonchev–Trinajstić information content (AvgIpc) is 3.19. The molecule has 1 amide bonds. The van der Waals surface area contributed by atoms with Crippen LogP contribution in [0.2, 0.25) is 0 Å². The number of hydrogen-bond donors (Lipinski definition) is 16. The number of nitrogens with one attached hydrogen (secondary N) is 1. The monoisotopic (exact) mass is 853 g/mol. The van der Waals surface area contributed by atoms with Crippen LogP contribution in [0.5, 0.6) is 0 Å². The van der Waals surface area contributed by atoms with Crippen molar-refractivity contribution in [1.29, 1.82) is 0 Å². The van der Waals surface area contributed by atoms with Gasteiger partial charge >= 0.3 is 0 Å². The number of carbonyl (C=O) groups is 1. The zero-order valence-corrected chi connectivity index (χ0v) is 31.1. The van der Waals surface area contributed by atoms with E-state index in [9.17, 15) is 81.4 Å². The summed E-state index contributed by atoms with van der Waals surface area (Å²) in [7, 11) is 0. The fourth-order valence-electron chi connectivity index (χ4n) is 7.37. The fraction of sp³-hybridized carbons (Fsp3) is 0.969. The Hall–Kier alpha value is -1.49. The predicted molar refractivity (Wildman–Crippen MR) is 177 cm³/mol. The summed E-state index contributed by atoms with van der Waals surface area (Å²) in [6.45, 7) is -1.30. The van der Waals surface area contributed by atoms with Gasteiger partial charge in [-0.05, 0) is 6.92 Å². The van der Waals surface area contributed by atoms with Gasteiger partial charge in [-0.25, -0.2) is 0 Å². The summed E-state index contributed by atoms with van der Waals surface area (Å²) in [4.78, 5) is 12.3. The minimum atomic E-state index is -2.13. The van der Waals surface area contributed by atoms with Gasteiger partial charge in [0.2, 0.25) is 5.91 Å². The van der Waals surface area contributed by atoms with Gasteiger partial charge in [0.1, 0.15) is 116 Å². The summed E-state index contributed by atoms with van der Waals surface area (Å²) in [5.41, 5.74) is 0. The molecule has 58 heavy (non-hydrogen) atoms. The predicted octanol–water partition coefficient (Wildman–Crippen LogP) is -10.8. The number of ether oxygens (including phenoxy) is 9. The van der Waals surface area contributed by atoms with Crippen LogP contribution in [0.1, 0.15) is 13.8 Å². The Balaban J connectivity index is 1.38. The standard InChI is InChI=1S/C32H55NO25/c1-7-14(39)18(43)20(45)30(50-7)58-27-22(47)28(49)51-12(6-37)25(27)56-32-23(48)26(16(41)10(4-35)53-32)57-29-13(33-8(2)38)17(42)24(11(5-36)54-29)55-31-21(46)19(44)15(40)9(3-34)52-31/h7,9-32,34-37,39-49H,3-6H2,1-2H3,(H,33,38)/t7-,9+,10+,11+,12+,13+,14+,15-,16-,17+,18+,19-,20-,21+,22+,23+,24+,25+,26-,27+,28?,29-,30-,31-,32-/m0/s1. The smallest absolute Gasteiger partial charge is 0.217 e. The van der Waals surface area contributed by atoms with E-state index < -0.39 is 186 Å². The highest BCUT2D eigenvalue weighted by atomic mass is 16.8. The summed E-state index contributed by atoms with van der Waals surface area (Å²) in [5.74, 6) is -0.791. The van der Waals surface area contributed by atoms with E-state index in [4.69, 9.17) is 42.6 Å². The number of carbonyl (C=O) groups excluding carboxylic acids is 1. The molecule has 0 spiro atoms. The lowest BCUT2D eigenvalue weighted by atomic mass is 9.94. The Morgan fingerprint density at radius 3 is 1.47 bits per heavy atom. The Labute approximate surface area is 329 Å². The first-order chi connectivity index (χ1) is 27.4. The van der Waals surface area contributed by atoms with Crippen LogP contribution in [0.15, 0.2) is 0 Å². The van der Waals surface area contributed by atoms with Crippen molar-refractivity contribution in [2.24, 2.45) is 0 Å². The molecule has 0 aromatic heterocycles. The Morgan fingerprint density at radius 2 is 0.897 bits per heavy atom. The van der Waals surface area contributed by atoms with Crippen LogP contribution < -0.4 is 5.32 Å². The highest BCUT2D eigenvalue weighted by molar-refractivity contribution is 5.73. The summed E-state index contributed by atoms with van der Waals surface area (Å²) in [6, 6.07) is -1.68. The molecule has 5 aliphatic rings. The van der Waals surface area contributed by atoms with Gasteiger partial charge in [-0.1, -0.05) is 0 Å². The second kappa shape index (κ2) is 20.1. The second-order valence-corrected chi connectivity index (χ2v) is 14.7. The van der Waals surface area contributed by atoms with E-state index in [1.165, 1.54) is 6.92 Å². The molecule has 0 bridgehead atoms. The third-order valence-electron chi connectivity index (χ3n) is 10.7. The number of aliphatic hydroxyl groups is 15. The molecule has 5 fully saturated rings. The highest BCUT2D eigenvalue weighted by Gasteiger charge is 2.57. The maximum absolute atomic E-state index is 12.3. The average molecular weight is 854 g/mol. The lowest BCUT2D eigenvalue weighted by Gasteiger charge is -2.50. The van der Waals surface area contributed by atoms with Crippen molar-refractivity contribution in [3.63, 3.8) is 0 Å². The molecule has 0 aromatic rings. The summed E-state index contributed by atoms with van der Waals surface area (Å²) in [5, 5.41) is 160. The van der Waals surface area contributed by atoms with Crippen molar-refractivity contribution in [2.75, 3.05) is 26.4 Å². The van der Waals surface area contributed by atoms with Crippen LogP contribution in [-0.4, -0.2) is 262 Å². The van der Waals surface area contributed by atoms with E-state index in [2.05, 4.69) is 5.32 Å². The second-order valence-electron chi connectivity index (χ2n) is 14.7. The molecule has 1 unspecified atom stereocenters. The summed E-state index contributed by atoms with van der Waals surface area (Å²) in [6.07, 6.45) is -43.0. The van der Waals surface area contributed by atoms with Gasteiger partial charge in [0.15, 0.2) is 31.5 Å². The van der Waals surface area contributed by atoms with Gasteiger partial charge in [0.05, 0.1) is 32.5 Å². The Morgan fingerprint density at radius 1 is 0.448 bits per heavy atom. The molecule has 0 radical (unpaired) electrons. The maximum atomic E-state index is 12.3. The minimum absolute atomic E-state index is 0.791. The lowest BCUT2D eigenvalue weighted by molar-refractivity contribution is -0.392. The van der Waals surface area contributed by atoms with Crippen LogP contribution in [0, 0.1) is 0 Å². The molecule has 16 N–H and O–H groups in total. The van der Waals surface area contributed by atoms with Crippen molar-refractivity contribution in [2.45, 2.75) is 167 Å². The van der Waals surface area contributed by atoms with Gasteiger partial charge < -0.3 is 125 Å². The zero-order valence-electron chi connectivity index (χ0n) is 31.1. The normalized spacial score (nSPS) is 51.6. The van der Waals surface area contributed by atoms with Crippen LogP contribution in [0.3, 0.4) is 0 Å². The molecular weight excluding hydrogens is 798 g/mol. The molecule has 0 aliphatic carbocycles. The van der Waals surface area contributed by atoms with E-state index >= 15 is 0 Å². The first-order valence-electron chi connectivity index (χ1n) is 18.5. The van der Waals surface area contributed by atoms with Crippen molar-refractivity contribution in [3.8, 4) is 0 Å². The van der Waals surface area contributed by atoms with E-state index in [1.54, 1.807) is 0 Å². The number of rotatable bonds is 13. The molecule has 5 rings (SSSR count). The number of hydrogen-bond acceptors (Lipinski definition) is 25. The maximum Gasteiger partial charge on any atom is 0.217 e.